The molecule has 2 rings (SSSR count). The second kappa shape index (κ2) is 5.89. The first-order valence-corrected chi connectivity index (χ1v) is 6.51. The van der Waals surface area contributed by atoms with Crippen molar-refractivity contribution in [1.82, 2.24) is 14.7 Å². The molecule has 0 N–H and O–H groups in total. The van der Waals surface area contributed by atoms with Gasteiger partial charge in [0.1, 0.15) is 0 Å². The summed E-state index contributed by atoms with van der Waals surface area (Å²) < 4.78 is 1.88. The Morgan fingerprint density at radius 1 is 1.32 bits per heavy atom. The molecule has 0 atom stereocenters. The van der Waals surface area contributed by atoms with Crippen molar-refractivity contribution in [3.63, 3.8) is 0 Å². The molecule has 1 heterocycles. The molecule has 0 bridgehead atoms. The Hall–Kier alpha value is -1.81. The second-order valence-electron chi connectivity index (χ2n) is 4.31. The Balaban J connectivity index is 2.09. The van der Waals surface area contributed by atoms with Crippen molar-refractivity contribution in [1.29, 1.82) is 0 Å². The number of benzene rings is 1. The minimum atomic E-state index is -0.0273. The van der Waals surface area contributed by atoms with Crippen molar-refractivity contribution in [3.8, 4) is 0 Å². The van der Waals surface area contributed by atoms with Crippen LogP contribution >= 0.6 is 11.6 Å². The zero-order chi connectivity index (χ0) is 13.8. The lowest BCUT2D eigenvalue weighted by Gasteiger charge is -2.17. The minimum absolute atomic E-state index is 0.0273. The fourth-order valence-electron chi connectivity index (χ4n) is 1.91. The van der Waals surface area contributed by atoms with Gasteiger partial charge in [0.2, 0.25) is 0 Å². The summed E-state index contributed by atoms with van der Waals surface area (Å²) in [4.78, 5) is 13.9. The molecule has 1 aromatic heterocycles. The van der Waals surface area contributed by atoms with Gasteiger partial charge in [-0.15, -0.1) is 0 Å². The molecule has 0 aliphatic heterocycles. The van der Waals surface area contributed by atoms with Crippen LogP contribution in [0.5, 0.6) is 0 Å². The van der Waals surface area contributed by atoms with Gasteiger partial charge in [0.15, 0.2) is 0 Å². The third kappa shape index (κ3) is 3.15. The van der Waals surface area contributed by atoms with Gasteiger partial charge in [-0.05, 0) is 37.3 Å². The molecule has 0 radical (unpaired) electrons. The number of aromatic nitrogens is 2. The fraction of sp³-hybridized carbons (Fsp3) is 0.286. The van der Waals surface area contributed by atoms with Crippen molar-refractivity contribution >= 4 is 17.5 Å². The Bertz CT molecular complexity index is 562. The van der Waals surface area contributed by atoms with Crippen LogP contribution < -0.4 is 0 Å². The van der Waals surface area contributed by atoms with Gasteiger partial charge in [0, 0.05) is 30.4 Å². The standard InChI is InChI=1S/C14H16ClN3O/c1-3-18-13(8-9-16-18)10-17(2)14(19)11-4-6-12(15)7-5-11/h4-9H,3,10H2,1-2H3. The molecular formula is C14H16ClN3O. The number of amides is 1. The van der Waals surface area contributed by atoms with E-state index in [0.29, 0.717) is 17.1 Å². The van der Waals surface area contributed by atoms with Crippen LogP contribution in [0.4, 0.5) is 0 Å². The molecule has 5 heteroatoms. The predicted molar refractivity (Wildman–Crippen MR) is 75.2 cm³/mol. The average Bonchev–Trinajstić information content (AvgIpc) is 2.86. The normalized spacial score (nSPS) is 10.5. The van der Waals surface area contributed by atoms with E-state index < -0.39 is 0 Å². The van der Waals surface area contributed by atoms with E-state index in [1.54, 1.807) is 42.4 Å². The number of carbonyl (C=O) groups excluding carboxylic acids is 1. The highest BCUT2D eigenvalue weighted by molar-refractivity contribution is 6.30. The van der Waals surface area contributed by atoms with E-state index in [2.05, 4.69) is 5.10 Å². The van der Waals surface area contributed by atoms with E-state index >= 15 is 0 Å². The van der Waals surface area contributed by atoms with Crippen LogP contribution in [0.15, 0.2) is 36.5 Å². The molecule has 0 fully saturated rings. The molecule has 0 saturated heterocycles. The molecule has 0 spiro atoms. The summed E-state index contributed by atoms with van der Waals surface area (Å²) in [7, 11) is 1.78. The van der Waals surface area contributed by atoms with Gasteiger partial charge in [-0.25, -0.2) is 0 Å². The van der Waals surface area contributed by atoms with E-state index in [1.807, 2.05) is 17.7 Å². The molecule has 100 valence electrons. The van der Waals surface area contributed by atoms with Crippen LogP contribution in [0.2, 0.25) is 5.02 Å². The lowest BCUT2D eigenvalue weighted by atomic mass is 10.2. The van der Waals surface area contributed by atoms with Gasteiger partial charge >= 0.3 is 0 Å². The zero-order valence-corrected chi connectivity index (χ0v) is 11.8. The number of aryl methyl sites for hydroxylation is 1. The summed E-state index contributed by atoms with van der Waals surface area (Å²) in [6.45, 7) is 3.36. The predicted octanol–water partition coefficient (Wildman–Crippen LogP) is 2.83. The molecule has 0 aliphatic rings. The van der Waals surface area contributed by atoms with Crippen LogP contribution in [-0.4, -0.2) is 27.6 Å². The molecule has 1 aromatic carbocycles. The Morgan fingerprint density at radius 2 is 2.00 bits per heavy atom. The number of halogens is 1. The maximum Gasteiger partial charge on any atom is 0.253 e. The van der Waals surface area contributed by atoms with E-state index in [0.717, 1.165) is 12.2 Å². The minimum Gasteiger partial charge on any atom is -0.336 e. The molecule has 0 aliphatic carbocycles. The third-order valence-corrected chi connectivity index (χ3v) is 3.19. The van der Waals surface area contributed by atoms with E-state index in [1.165, 1.54) is 0 Å². The highest BCUT2D eigenvalue weighted by Crippen LogP contribution is 2.12. The first kappa shape index (κ1) is 13.6. The van der Waals surface area contributed by atoms with Crippen LogP contribution in [0, 0.1) is 0 Å². The van der Waals surface area contributed by atoms with Gasteiger partial charge in [0.25, 0.3) is 5.91 Å². The Kier molecular flexibility index (Phi) is 4.22. The zero-order valence-electron chi connectivity index (χ0n) is 11.0. The fourth-order valence-corrected chi connectivity index (χ4v) is 2.03. The quantitative estimate of drug-likeness (QED) is 0.862. The monoisotopic (exact) mass is 277 g/mol. The number of carbonyl (C=O) groups is 1. The Labute approximate surface area is 117 Å². The highest BCUT2D eigenvalue weighted by atomic mass is 35.5. The van der Waals surface area contributed by atoms with Gasteiger partial charge in [-0.3, -0.25) is 9.48 Å². The molecule has 4 nitrogen and oxygen atoms in total. The van der Waals surface area contributed by atoms with Crippen molar-refractivity contribution < 1.29 is 4.79 Å². The van der Waals surface area contributed by atoms with Crippen molar-refractivity contribution in [2.45, 2.75) is 20.0 Å². The lowest BCUT2D eigenvalue weighted by molar-refractivity contribution is 0.0781. The number of nitrogens with zero attached hydrogens (tertiary/aromatic N) is 3. The smallest absolute Gasteiger partial charge is 0.253 e. The van der Waals surface area contributed by atoms with E-state index in [4.69, 9.17) is 11.6 Å². The van der Waals surface area contributed by atoms with E-state index in [9.17, 15) is 4.79 Å². The van der Waals surface area contributed by atoms with Gasteiger partial charge < -0.3 is 4.90 Å². The molecule has 2 aromatic rings. The summed E-state index contributed by atoms with van der Waals surface area (Å²) in [5.74, 6) is -0.0273. The SMILES string of the molecule is CCn1nccc1CN(C)C(=O)c1ccc(Cl)cc1. The number of rotatable bonds is 4. The van der Waals surface area contributed by atoms with Crippen LogP contribution in [0.3, 0.4) is 0 Å². The third-order valence-electron chi connectivity index (χ3n) is 2.94. The molecule has 0 saturated carbocycles. The van der Waals surface area contributed by atoms with E-state index in [-0.39, 0.29) is 5.91 Å². The van der Waals surface area contributed by atoms with Gasteiger partial charge in [-0.1, -0.05) is 11.6 Å². The maximum absolute atomic E-state index is 12.2. The van der Waals surface area contributed by atoms with Crippen LogP contribution in [-0.2, 0) is 13.1 Å². The summed E-state index contributed by atoms with van der Waals surface area (Å²) in [5.41, 5.74) is 1.65. The first-order chi connectivity index (χ1) is 9.11. The number of hydrogen-bond donors (Lipinski definition) is 0. The summed E-state index contributed by atoms with van der Waals surface area (Å²) in [5, 5.41) is 4.82. The maximum atomic E-state index is 12.2. The van der Waals surface area contributed by atoms with Crippen LogP contribution in [0.25, 0.3) is 0 Å². The van der Waals surface area contributed by atoms with Crippen molar-refractivity contribution in [2.75, 3.05) is 7.05 Å². The molecule has 0 unspecified atom stereocenters. The van der Waals surface area contributed by atoms with Crippen LogP contribution in [0.1, 0.15) is 23.0 Å². The largest absolute Gasteiger partial charge is 0.336 e. The Morgan fingerprint density at radius 3 is 2.63 bits per heavy atom. The average molecular weight is 278 g/mol. The topological polar surface area (TPSA) is 38.1 Å². The van der Waals surface area contributed by atoms with Gasteiger partial charge in [0.05, 0.1) is 12.2 Å². The summed E-state index contributed by atoms with van der Waals surface area (Å²) >= 11 is 5.81. The number of hydrogen-bond acceptors (Lipinski definition) is 2. The van der Waals surface area contributed by atoms with Crippen molar-refractivity contribution in [3.05, 3.63) is 52.8 Å². The molecular weight excluding hydrogens is 262 g/mol. The highest BCUT2D eigenvalue weighted by Gasteiger charge is 2.13. The first-order valence-electron chi connectivity index (χ1n) is 6.13. The summed E-state index contributed by atoms with van der Waals surface area (Å²) in [6.07, 6.45) is 1.75. The molecule has 19 heavy (non-hydrogen) atoms. The lowest BCUT2D eigenvalue weighted by Crippen LogP contribution is -2.27. The van der Waals surface area contributed by atoms with Crippen molar-refractivity contribution in [2.24, 2.45) is 0 Å². The second-order valence-corrected chi connectivity index (χ2v) is 4.74. The van der Waals surface area contributed by atoms with Gasteiger partial charge in [-0.2, -0.15) is 5.10 Å². The molecule has 1 amide bonds. The summed E-state index contributed by atoms with van der Waals surface area (Å²) in [6, 6.07) is 8.84.